The van der Waals surface area contributed by atoms with Crippen molar-refractivity contribution in [3.63, 3.8) is 0 Å². The standard InChI is InChI=1S/C29H27NO9S2/c1-38-21-13-23-16(11-25(40-23)19(31)4-7-28(34)35)9-15(21)3-6-27(33)30-18-10-17-12-26(20(32)5-8-29(36)37)41-24(17)14-22(18)39-2/h9-14H,3-8H2,1-2H3,(H,30,33)(H,34,35)(H,36,37). The molecular formula is C29H27NO9S2. The van der Waals surface area contributed by atoms with Crippen molar-refractivity contribution in [2.75, 3.05) is 19.5 Å². The molecule has 1 amide bonds. The highest BCUT2D eigenvalue weighted by Crippen LogP contribution is 2.36. The van der Waals surface area contributed by atoms with E-state index in [-0.39, 0.29) is 49.6 Å². The summed E-state index contributed by atoms with van der Waals surface area (Å²) in [5, 5.41) is 22.1. The smallest absolute Gasteiger partial charge is 0.303 e. The van der Waals surface area contributed by atoms with Gasteiger partial charge in [-0.25, -0.2) is 0 Å². The quantitative estimate of drug-likeness (QED) is 0.153. The predicted octanol–water partition coefficient (Wildman–Crippen LogP) is 5.80. The normalized spacial score (nSPS) is 11.0. The van der Waals surface area contributed by atoms with Crippen LogP contribution in [-0.2, 0) is 20.8 Å². The summed E-state index contributed by atoms with van der Waals surface area (Å²) >= 11 is 2.51. The Hall–Kier alpha value is -4.29. The first kappa shape index (κ1) is 29.7. The zero-order valence-corrected chi connectivity index (χ0v) is 23.9. The van der Waals surface area contributed by atoms with Crippen LogP contribution in [0.4, 0.5) is 5.69 Å². The molecule has 0 atom stereocenters. The van der Waals surface area contributed by atoms with Crippen LogP contribution < -0.4 is 14.8 Å². The van der Waals surface area contributed by atoms with E-state index in [1.165, 1.54) is 36.9 Å². The third-order valence-corrected chi connectivity index (χ3v) is 8.61. The Morgan fingerprint density at radius 1 is 0.683 bits per heavy atom. The molecule has 0 spiro atoms. The van der Waals surface area contributed by atoms with Crippen molar-refractivity contribution in [1.82, 2.24) is 0 Å². The van der Waals surface area contributed by atoms with Gasteiger partial charge in [-0.15, -0.1) is 22.7 Å². The minimum atomic E-state index is -1.04. The molecule has 4 aromatic rings. The minimum Gasteiger partial charge on any atom is -0.496 e. The number of fused-ring (bicyclic) bond motifs is 2. The number of amides is 1. The Morgan fingerprint density at radius 3 is 1.71 bits per heavy atom. The number of carboxylic acids is 2. The summed E-state index contributed by atoms with van der Waals surface area (Å²) in [7, 11) is 3.00. The number of aliphatic carboxylic acids is 2. The van der Waals surface area contributed by atoms with Gasteiger partial charge in [0.15, 0.2) is 11.6 Å². The van der Waals surface area contributed by atoms with Crippen LogP contribution in [0.1, 0.15) is 57.0 Å². The second-order valence-corrected chi connectivity index (χ2v) is 11.4. The number of benzene rings is 2. The first-order chi connectivity index (χ1) is 19.6. The highest BCUT2D eigenvalue weighted by atomic mass is 32.1. The molecule has 0 aliphatic carbocycles. The molecule has 0 fully saturated rings. The van der Waals surface area contributed by atoms with Crippen molar-refractivity contribution in [2.24, 2.45) is 0 Å². The molecule has 0 saturated carbocycles. The fourth-order valence-corrected chi connectivity index (χ4v) is 6.34. The Kier molecular flexibility index (Phi) is 9.35. The van der Waals surface area contributed by atoms with E-state index in [1.54, 1.807) is 24.3 Å². The number of carboxylic acid groups (broad SMARTS) is 2. The molecule has 2 aromatic heterocycles. The fourth-order valence-electron chi connectivity index (χ4n) is 4.26. The second kappa shape index (κ2) is 12.9. The van der Waals surface area contributed by atoms with Crippen molar-refractivity contribution in [1.29, 1.82) is 0 Å². The summed E-state index contributed by atoms with van der Waals surface area (Å²) < 4.78 is 12.6. The molecule has 41 heavy (non-hydrogen) atoms. The van der Waals surface area contributed by atoms with E-state index in [2.05, 4.69) is 5.32 Å². The van der Waals surface area contributed by atoms with Crippen LogP contribution in [-0.4, -0.2) is 53.8 Å². The number of rotatable bonds is 14. The second-order valence-electron chi connectivity index (χ2n) is 9.20. The molecule has 0 aliphatic rings. The lowest BCUT2D eigenvalue weighted by atomic mass is 10.1. The van der Waals surface area contributed by atoms with Gasteiger partial charge in [-0.2, -0.15) is 0 Å². The van der Waals surface area contributed by atoms with Gasteiger partial charge in [0.1, 0.15) is 11.5 Å². The van der Waals surface area contributed by atoms with Gasteiger partial charge in [-0.1, -0.05) is 0 Å². The Morgan fingerprint density at radius 2 is 1.20 bits per heavy atom. The number of Topliss-reactive ketones (excluding diaryl/α,β-unsaturated/α-hetero) is 2. The van der Waals surface area contributed by atoms with Gasteiger partial charge in [0, 0.05) is 34.7 Å². The van der Waals surface area contributed by atoms with Crippen LogP contribution in [0.15, 0.2) is 36.4 Å². The topological polar surface area (TPSA) is 156 Å². The molecule has 4 rings (SSSR count). The molecule has 0 unspecified atom stereocenters. The SMILES string of the molecule is COc1cc2sc(C(=O)CCC(=O)O)cc2cc1CCC(=O)Nc1cc2cc(C(=O)CCC(=O)O)sc2cc1OC. The summed E-state index contributed by atoms with van der Waals surface area (Å²) in [4.78, 5) is 60.2. The maximum Gasteiger partial charge on any atom is 0.303 e. The Balaban J connectivity index is 1.47. The number of ketones is 2. The van der Waals surface area contributed by atoms with E-state index in [0.29, 0.717) is 33.4 Å². The molecule has 0 radical (unpaired) electrons. The molecular weight excluding hydrogens is 570 g/mol. The molecule has 0 bridgehead atoms. The van der Waals surface area contributed by atoms with Crippen molar-refractivity contribution in [3.8, 4) is 11.5 Å². The van der Waals surface area contributed by atoms with Crippen molar-refractivity contribution >= 4 is 77.9 Å². The first-order valence-corrected chi connectivity index (χ1v) is 14.2. The van der Waals surface area contributed by atoms with Gasteiger partial charge in [-0.3, -0.25) is 24.0 Å². The zero-order chi connectivity index (χ0) is 29.7. The van der Waals surface area contributed by atoms with Gasteiger partial charge in [0.2, 0.25) is 5.91 Å². The van der Waals surface area contributed by atoms with Gasteiger partial charge in [-0.05, 0) is 53.1 Å². The zero-order valence-electron chi connectivity index (χ0n) is 22.3. The number of hydrogen-bond donors (Lipinski definition) is 3. The van der Waals surface area contributed by atoms with Gasteiger partial charge in [0.05, 0.1) is 42.5 Å². The lowest BCUT2D eigenvalue weighted by Gasteiger charge is -2.12. The summed E-state index contributed by atoms with van der Waals surface area (Å²) in [6, 6.07) is 10.5. The van der Waals surface area contributed by atoms with Crippen LogP contribution in [0.5, 0.6) is 11.5 Å². The largest absolute Gasteiger partial charge is 0.496 e. The monoisotopic (exact) mass is 597 g/mol. The Bertz CT molecular complexity index is 1670. The molecule has 214 valence electrons. The van der Waals surface area contributed by atoms with Crippen LogP contribution in [0.2, 0.25) is 0 Å². The molecule has 10 nitrogen and oxygen atoms in total. The van der Waals surface area contributed by atoms with Gasteiger partial charge < -0.3 is 25.0 Å². The maximum atomic E-state index is 12.9. The summed E-state index contributed by atoms with van der Waals surface area (Å²) in [6.07, 6.45) is -0.156. The first-order valence-electron chi connectivity index (χ1n) is 12.6. The van der Waals surface area contributed by atoms with Crippen molar-refractivity contribution < 1.29 is 43.7 Å². The number of nitrogens with one attached hydrogen (secondary N) is 1. The molecule has 2 aromatic carbocycles. The fraction of sp³-hybridized carbons (Fsp3) is 0.276. The summed E-state index contributed by atoms with van der Waals surface area (Å²) in [5.74, 6) is -1.82. The highest BCUT2D eigenvalue weighted by molar-refractivity contribution is 7.21. The summed E-state index contributed by atoms with van der Waals surface area (Å²) in [6.45, 7) is 0. The van der Waals surface area contributed by atoms with Gasteiger partial charge in [0.25, 0.3) is 0 Å². The van der Waals surface area contributed by atoms with E-state index in [4.69, 9.17) is 19.7 Å². The van der Waals surface area contributed by atoms with Crippen molar-refractivity contribution in [3.05, 3.63) is 51.7 Å². The third kappa shape index (κ3) is 7.27. The molecule has 0 saturated heterocycles. The average molecular weight is 598 g/mol. The van der Waals surface area contributed by atoms with Crippen molar-refractivity contribution in [2.45, 2.75) is 38.5 Å². The van der Waals surface area contributed by atoms with E-state index in [1.807, 2.05) is 12.1 Å². The summed E-state index contributed by atoms with van der Waals surface area (Å²) in [5.41, 5.74) is 1.22. The number of anilines is 1. The number of carbonyl (C=O) groups excluding carboxylic acids is 3. The Labute approximate surface area is 242 Å². The van der Waals surface area contributed by atoms with E-state index in [9.17, 15) is 24.0 Å². The van der Waals surface area contributed by atoms with Crippen LogP contribution in [0.25, 0.3) is 20.2 Å². The van der Waals surface area contributed by atoms with Crippen LogP contribution in [0, 0.1) is 0 Å². The highest BCUT2D eigenvalue weighted by Gasteiger charge is 2.18. The number of methoxy groups -OCH3 is 2. The minimum absolute atomic E-state index is 0.0741. The number of carbonyl (C=O) groups is 5. The average Bonchev–Trinajstić information content (AvgIpc) is 3.55. The molecule has 2 heterocycles. The third-order valence-electron chi connectivity index (χ3n) is 6.33. The predicted molar refractivity (Wildman–Crippen MR) is 156 cm³/mol. The molecule has 0 aliphatic heterocycles. The van der Waals surface area contributed by atoms with Gasteiger partial charge >= 0.3 is 11.9 Å². The number of aryl methyl sites for hydroxylation is 1. The van der Waals surface area contributed by atoms with E-state index >= 15 is 0 Å². The van der Waals surface area contributed by atoms with E-state index in [0.717, 1.165) is 25.7 Å². The number of ether oxygens (including phenoxy) is 2. The lowest BCUT2D eigenvalue weighted by Crippen LogP contribution is -2.13. The number of hydrogen-bond acceptors (Lipinski definition) is 9. The maximum absolute atomic E-state index is 12.9. The molecule has 3 N–H and O–H groups in total. The number of thiophene rings is 2. The van der Waals surface area contributed by atoms with E-state index < -0.39 is 11.9 Å². The molecule has 12 heteroatoms. The van der Waals surface area contributed by atoms with Crippen LogP contribution >= 0.6 is 22.7 Å². The lowest BCUT2D eigenvalue weighted by molar-refractivity contribution is -0.137. The van der Waals surface area contributed by atoms with Crippen LogP contribution in [0.3, 0.4) is 0 Å².